The average molecular weight is 208 g/mol. The maximum atomic E-state index is 9.34. The van der Waals surface area contributed by atoms with Crippen LogP contribution in [0.2, 0.25) is 0 Å². The van der Waals surface area contributed by atoms with Gasteiger partial charge in [-0.1, -0.05) is 30.3 Å². The van der Waals surface area contributed by atoms with E-state index in [-0.39, 0.29) is 6.10 Å². The molecule has 1 unspecified atom stereocenters. The van der Waals surface area contributed by atoms with Crippen LogP contribution in [0.5, 0.6) is 0 Å². The number of benzene rings is 1. The van der Waals surface area contributed by atoms with Gasteiger partial charge >= 0.3 is 0 Å². The van der Waals surface area contributed by atoms with Crippen LogP contribution >= 0.6 is 0 Å². The highest BCUT2D eigenvalue weighted by molar-refractivity contribution is 5.14. The summed E-state index contributed by atoms with van der Waals surface area (Å²) in [7, 11) is 0. The number of aliphatic hydroxyl groups is 1. The van der Waals surface area contributed by atoms with Crippen LogP contribution in [0.4, 0.5) is 0 Å². The zero-order valence-electron chi connectivity index (χ0n) is 9.26. The lowest BCUT2D eigenvalue weighted by Crippen LogP contribution is -2.34. The summed E-state index contributed by atoms with van der Waals surface area (Å²) in [6, 6.07) is 10.2. The molecule has 0 radical (unpaired) electrons. The largest absolute Gasteiger partial charge is 0.392 e. The number of aliphatic hydroxyl groups excluding tert-OH is 1. The highest BCUT2D eigenvalue weighted by Crippen LogP contribution is 2.04. The molecule has 0 aliphatic heterocycles. The molecule has 0 aromatic heterocycles. The Bertz CT molecular complexity index is 262. The Labute approximate surface area is 91.5 Å². The first-order valence-corrected chi connectivity index (χ1v) is 5.36. The Hall–Kier alpha value is -0.900. The summed E-state index contributed by atoms with van der Waals surface area (Å²) in [6.07, 6.45) is -0.305. The molecule has 1 aromatic carbocycles. The standard InChI is InChI=1S/C12H20N2O/c1-11(15)9-14(8-7-13)10-12-5-3-2-4-6-12/h2-6,11,15H,7-10,13H2,1H3. The predicted octanol–water partition coefficient (Wildman–Crippen LogP) is 0.828. The van der Waals surface area contributed by atoms with Crippen LogP contribution in [0, 0.1) is 0 Å². The zero-order chi connectivity index (χ0) is 11.1. The maximum absolute atomic E-state index is 9.34. The molecule has 84 valence electrons. The lowest BCUT2D eigenvalue weighted by molar-refractivity contribution is 0.124. The lowest BCUT2D eigenvalue weighted by atomic mass is 10.2. The summed E-state index contributed by atoms with van der Waals surface area (Å²) in [4.78, 5) is 2.17. The first-order valence-electron chi connectivity index (χ1n) is 5.36. The van der Waals surface area contributed by atoms with Crippen molar-refractivity contribution in [1.82, 2.24) is 4.90 Å². The summed E-state index contributed by atoms with van der Waals surface area (Å²) < 4.78 is 0. The van der Waals surface area contributed by atoms with Crippen molar-refractivity contribution >= 4 is 0 Å². The van der Waals surface area contributed by atoms with Gasteiger partial charge in [0.1, 0.15) is 0 Å². The van der Waals surface area contributed by atoms with Gasteiger partial charge in [0.15, 0.2) is 0 Å². The van der Waals surface area contributed by atoms with E-state index in [1.54, 1.807) is 6.92 Å². The van der Waals surface area contributed by atoms with E-state index < -0.39 is 0 Å². The van der Waals surface area contributed by atoms with E-state index in [0.717, 1.165) is 13.1 Å². The molecule has 1 aromatic rings. The van der Waals surface area contributed by atoms with Crippen molar-refractivity contribution in [2.75, 3.05) is 19.6 Å². The molecule has 3 N–H and O–H groups in total. The SMILES string of the molecule is CC(O)CN(CCN)Cc1ccccc1. The first kappa shape index (κ1) is 12.2. The second kappa shape index (κ2) is 6.56. The number of hydrogen-bond acceptors (Lipinski definition) is 3. The van der Waals surface area contributed by atoms with Crippen molar-refractivity contribution in [3.05, 3.63) is 35.9 Å². The topological polar surface area (TPSA) is 49.5 Å². The van der Waals surface area contributed by atoms with Crippen molar-refractivity contribution in [3.8, 4) is 0 Å². The van der Waals surface area contributed by atoms with Gasteiger partial charge in [-0.2, -0.15) is 0 Å². The van der Waals surface area contributed by atoms with Gasteiger partial charge in [0.2, 0.25) is 0 Å². The zero-order valence-corrected chi connectivity index (χ0v) is 9.26. The second-order valence-electron chi connectivity index (χ2n) is 3.86. The molecule has 1 rings (SSSR count). The highest BCUT2D eigenvalue weighted by atomic mass is 16.3. The van der Waals surface area contributed by atoms with Crippen LogP contribution < -0.4 is 5.73 Å². The smallest absolute Gasteiger partial charge is 0.0639 e. The first-order chi connectivity index (χ1) is 7.22. The van der Waals surface area contributed by atoms with E-state index in [9.17, 15) is 5.11 Å². The van der Waals surface area contributed by atoms with Crippen molar-refractivity contribution in [2.24, 2.45) is 5.73 Å². The Morgan fingerprint density at radius 1 is 1.33 bits per heavy atom. The predicted molar refractivity (Wildman–Crippen MR) is 62.5 cm³/mol. The van der Waals surface area contributed by atoms with Gasteiger partial charge in [-0.15, -0.1) is 0 Å². The molecule has 0 amide bonds. The van der Waals surface area contributed by atoms with Gasteiger partial charge in [0, 0.05) is 26.2 Å². The van der Waals surface area contributed by atoms with Crippen LogP contribution in [-0.2, 0) is 6.54 Å². The second-order valence-corrected chi connectivity index (χ2v) is 3.86. The van der Waals surface area contributed by atoms with E-state index in [1.807, 2.05) is 18.2 Å². The van der Waals surface area contributed by atoms with Gasteiger partial charge in [0.05, 0.1) is 6.10 Å². The number of hydrogen-bond donors (Lipinski definition) is 2. The molecular formula is C12H20N2O. The summed E-state index contributed by atoms with van der Waals surface area (Å²) in [5.41, 5.74) is 6.79. The molecule has 0 aliphatic rings. The van der Waals surface area contributed by atoms with Crippen molar-refractivity contribution in [3.63, 3.8) is 0 Å². The van der Waals surface area contributed by atoms with Crippen LogP contribution in [-0.4, -0.2) is 35.7 Å². The summed E-state index contributed by atoms with van der Waals surface area (Å²) in [5, 5.41) is 9.34. The van der Waals surface area contributed by atoms with Crippen LogP contribution in [0.15, 0.2) is 30.3 Å². The maximum Gasteiger partial charge on any atom is 0.0639 e. The Morgan fingerprint density at radius 3 is 2.53 bits per heavy atom. The van der Waals surface area contributed by atoms with Gasteiger partial charge in [-0.25, -0.2) is 0 Å². The molecule has 15 heavy (non-hydrogen) atoms. The molecule has 3 heteroatoms. The van der Waals surface area contributed by atoms with Crippen LogP contribution in [0.1, 0.15) is 12.5 Å². The number of rotatable bonds is 6. The minimum Gasteiger partial charge on any atom is -0.392 e. The number of nitrogens with zero attached hydrogens (tertiary/aromatic N) is 1. The molecular weight excluding hydrogens is 188 g/mol. The van der Waals surface area contributed by atoms with E-state index in [2.05, 4.69) is 17.0 Å². The Balaban J connectivity index is 2.50. The van der Waals surface area contributed by atoms with Crippen molar-refractivity contribution in [2.45, 2.75) is 19.6 Å². The minimum absolute atomic E-state index is 0.305. The molecule has 0 spiro atoms. The highest BCUT2D eigenvalue weighted by Gasteiger charge is 2.07. The average Bonchev–Trinajstić information content (AvgIpc) is 2.18. The third-order valence-electron chi connectivity index (χ3n) is 2.22. The quantitative estimate of drug-likeness (QED) is 0.728. The van der Waals surface area contributed by atoms with E-state index in [0.29, 0.717) is 13.1 Å². The molecule has 0 saturated heterocycles. The monoisotopic (exact) mass is 208 g/mol. The Morgan fingerprint density at radius 2 is 2.00 bits per heavy atom. The summed E-state index contributed by atoms with van der Waals surface area (Å²) in [5.74, 6) is 0. The molecule has 0 heterocycles. The van der Waals surface area contributed by atoms with Crippen molar-refractivity contribution in [1.29, 1.82) is 0 Å². The van der Waals surface area contributed by atoms with Gasteiger partial charge in [0.25, 0.3) is 0 Å². The fourth-order valence-electron chi connectivity index (χ4n) is 1.63. The van der Waals surface area contributed by atoms with E-state index in [1.165, 1.54) is 5.56 Å². The summed E-state index contributed by atoms with van der Waals surface area (Å²) in [6.45, 7) is 4.77. The molecule has 0 aliphatic carbocycles. The van der Waals surface area contributed by atoms with E-state index in [4.69, 9.17) is 5.73 Å². The molecule has 1 atom stereocenters. The Kier molecular flexibility index (Phi) is 5.32. The third-order valence-corrected chi connectivity index (χ3v) is 2.22. The van der Waals surface area contributed by atoms with Crippen molar-refractivity contribution < 1.29 is 5.11 Å². The minimum atomic E-state index is -0.305. The number of nitrogens with two attached hydrogens (primary N) is 1. The lowest BCUT2D eigenvalue weighted by Gasteiger charge is -2.22. The molecule has 0 saturated carbocycles. The summed E-state index contributed by atoms with van der Waals surface area (Å²) >= 11 is 0. The molecule has 0 bridgehead atoms. The van der Waals surface area contributed by atoms with Gasteiger partial charge in [-0.05, 0) is 12.5 Å². The normalized spacial score (nSPS) is 13.1. The van der Waals surface area contributed by atoms with Gasteiger partial charge < -0.3 is 10.8 Å². The fraction of sp³-hybridized carbons (Fsp3) is 0.500. The van der Waals surface area contributed by atoms with Crippen LogP contribution in [0.25, 0.3) is 0 Å². The molecule has 3 nitrogen and oxygen atoms in total. The third kappa shape index (κ3) is 4.93. The van der Waals surface area contributed by atoms with Gasteiger partial charge in [-0.3, -0.25) is 4.90 Å². The molecule has 0 fully saturated rings. The fourth-order valence-corrected chi connectivity index (χ4v) is 1.63. The van der Waals surface area contributed by atoms with Crippen LogP contribution in [0.3, 0.4) is 0 Å². The van der Waals surface area contributed by atoms with E-state index >= 15 is 0 Å².